The topological polar surface area (TPSA) is 22.1 Å². The van der Waals surface area contributed by atoms with Crippen molar-refractivity contribution < 1.29 is 4.74 Å². The van der Waals surface area contributed by atoms with Crippen LogP contribution in [0.5, 0.6) is 5.75 Å². The second kappa shape index (κ2) is 4.96. The Morgan fingerprint density at radius 3 is 2.93 bits per heavy atom. The fourth-order valence-corrected chi connectivity index (χ4v) is 2.63. The van der Waals surface area contributed by atoms with Crippen molar-refractivity contribution in [2.45, 2.75) is 6.61 Å². The van der Waals surface area contributed by atoms with Crippen LogP contribution in [0.25, 0.3) is 0 Å². The zero-order chi connectivity index (χ0) is 10.7. The molecule has 0 unspecified atom stereocenters. The van der Waals surface area contributed by atoms with Crippen molar-refractivity contribution in [1.82, 2.24) is 4.98 Å². The van der Waals surface area contributed by atoms with Crippen LogP contribution >= 0.6 is 38.9 Å². The second-order valence-corrected chi connectivity index (χ2v) is 5.69. The molecule has 2 rings (SSSR count). The molecular formula is C10H7BrClNOS. The van der Waals surface area contributed by atoms with Gasteiger partial charge >= 0.3 is 0 Å². The first kappa shape index (κ1) is 10.9. The molecule has 0 aliphatic carbocycles. The van der Waals surface area contributed by atoms with Crippen LogP contribution < -0.4 is 4.74 Å². The maximum Gasteiger partial charge on any atom is 0.171 e. The molecule has 0 aliphatic heterocycles. The number of ether oxygens (including phenoxy) is 1. The standard InChI is InChI=1S/C10H7BrClNOS/c11-9-4-3-7(15-9)6-14-8-2-1-5-13-10(8)12/h1-5H,6H2. The number of hydrogen-bond donors (Lipinski definition) is 0. The summed E-state index contributed by atoms with van der Waals surface area (Å²) >= 11 is 10.9. The highest BCUT2D eigenvalue weighted by Gasteiger charge is 2.03. The van der Waals surface area contributed by atoms with Crippen molar-refractivity contribution in [2.24, 2.45) is 0 Å². The molecule has 0 aromatic carbocycles. The van der Waals surface area contributed by atoms with Gasteiger partial charge in [-0.25, -0.2) is 4.98 Å². The number of pyridine rings is 1. The summed E-state index contributed by atoms with van der Waals surface area (Å²) in [5.41, 5.74) is 0. The van der Waals surface area contributed by atoms with Crippen LogP contribution in [0, 0.1) is 0 Å². The van der Waals surface area contributed by atoms with Gasteiger partial charge in [-0.15, -0.1) is 11.3 Å². The zero-order valence-electron chi connectivity index (χ0n) is 7.61. The molecule has 78 valence electrons. The van der Waals surface area contributed by atoms with Gasteiger partial charge in [-0.1, -0.05) is 11.6 Å². The first-order valence-corrected chi connectivity index (χ1v) is 6.22. The van der Waals surface area contributed by atoms with Crippen molar-refractivity contribution in [2.75, 3.05) is 0 Å². The van der Waals surface area contributed by atoms with Crippen LogP contribution in [0.3, 0.4) is 0 Å². The molecule has 0 aliphatic rings. The normalized spacial score (nSPS) is 10.3. The van der Waals surface area contributed by atoms with Crippen LogP contribution in [0.2, 0.25) is 5.15 Å². The highest BCUT2D eigenvalue weighted by molar-refractivity contribution is 9.11. The lowest BCUT2D eigenvalue weighted by molar-refractivity contribution is 0.309. The van der Waals surface area contributed by atoms with E-state index in [0.717, 1.165) is 8.66 Å². The molecule has 0 atom stereocenters. The average molecular weight is 305 g/mol. The quantitative estimate of drug-likeness (QED) is 0.795. The highest BCUT2D eigenvalue weighted by atomic mass is 79.9. The molecule has 15 heavy (non-hydrogen) atoms. The molecule has 0 spiro atoms. The van der Waals surface area contributed by atoms with Crippen LogP contribution in [-0.4, -0.2) is 4.98 Å². The van der Waals surface area contributed by atoms with E-state index in [1.807, 2.05) is 12.1 Å². The smallest absolute Gasteiger partial charge is 0.171 e. The first-order chi connectivity index (χ1) is 7.25. The maximum absolute atomic E-state index is 5.85. The monoisotopic (exact) mass is 303 g/mol. The maximum atomic E-state index is 5.85. The van der Waals surface area contributed by atoms with E-state index in [-0.39, 0.29) is 0 Å². The molecule has 0 saturated heterocycles. The van der Waals surface area contributed by atoms with E-state index in [9.17, 15) is 0 Å². The van der Waals surface area contributed by atoms with Crippen molar-refractivity contribution >= 4 is 38.9 Å². The Bertz CT molecular complexity index is 460. The predicted octanol–water partition coefficient (Wildman–Crippen LogP) is 4.14. The van der Waals surface area contributed by atoms with E-state index in [1.54, 1.807) is 29.7 Å². The number of hydrogen-bond acceptors (Lipinski definition) is 3. The summed E-state index contributed by atoms with van der Waals surface area (Å²) in [6, 6.07) is 7.61. The Hall–Kier alpha value is -0.580. The summed E-state index contributed by atoms with van der Waals surface area (Å²) in [5, 5.41) is 0.396. The van der Waals surface area contributed by atoms with Crippen LogP contribution in [0.1, 0.15) is 4.88 Å². The molecule has 0 bridgehead atoms. The Morgan fingerprint density at radius 2 is 2.27 bits per heavy atom. The van der Waals surface area contributed by atoms with Gasteiger partial charge in [0.05, 0.1) is 3.79 Å². The van der Waals surface area contributed by atoms with Crippen molar-refractivity contribution in [3.8, 4) is 5.75 Å². The average Bonchev–Trinajstić information content (AvgIpc) is 2.63. The molecule has 0 fully saturated rings. The lowest BCUT2D eigenvalue weighted by Crippen LogP contribution is -1.93. The molecule has 0 amide bonds. The number of rotatable bonds is 3. The minimum absolute atomic E-state index is 0.396. The summed E-state index contributed by atoms with van der Waals surface area (Å²) in [5.74, 6) is 0.615. The largest absolute Gasteiger partial charge is 0.485 e. The molecule has 0 saturated carbocycles. The van der Waals surface area contributed by atoms with E-state index in [2.05, 4.69) is 20.9 Å². The lowest BCUT2D eigenvalue weighted by atomic mass is 10.4. The lowest BCUT2D eigenvalue weighted by Gasteiger charge is -2.04. The highest BCUT2D eigenvalue weighted by Crippen LogP contribution is 2.25. The van der Waals surface area contributed by atoms with Gasteiger partial charge in [0.15, 0.2) is 10.9 Å². The fraction of sp³-hybridized carbons (Fsp3) is 0.100. The van der Waals surface area contributed by atoms with Crippen LogP contribution in [-0.2, 0) is 6.61 Å². The third kappa shape index (κ3) is 2.93. The Balaban J connectivity index is 2.02. The summed E-state index contributed by atoms with van der Waals surface area (Å²) in [6.45, 7) is 0.516. The zero-order valence-corrected chi connectivity index (χ0v) is 10.8. The number of nitrogens with zero attached hydrogens (tertiary/aromatic N) is 1. The van der Waals surface area contributed by atoms with Crippen molar-refractivity contribution in [1.29, 1.82) is 0 Å². The van der Waals surface area contributed by atoms with Gasteiger partial charge in [-0.3, -0.25) is 0 Å². The predicted molar refractivity (Wildman–Crippen MR) is 65.6 cm³/mol. The van der Waals surface area contributed by atoms with E-state index in [0.29, 0.717) is 17.5 Å². The van der Waals surface area contributed by atoms with E-state index < -0.39 is 0 Å². The first-order valence-electron chi connectivity index (χ1n) is 4.23. The van der Waals surface area contributed by atoms with Gasteiger partial charge in [-0.05, 0) is 40.2 Å². The second-order valence-electron chi connectivity index (χ2n) is 2.79. The summed E-state index contributed by atoms with van der Waals surface area (Å²) in [6.07, 6.45) is 1.64. The van der Waals surface area contributed by atoms with Gasteiger partial charge in [0.25, 0.3) is 0 Å². The summed E-state index contributed by atoms with van der Waals surface area (Å²) in [7, 11) is 0. The van der Waals surface area contributed by atoms with Gasteiger partial charge in [0.2, 0.25) is 0 Å². The third-order valence-electron chi connectivity index (χ3n) is 1.72. The minimum Gasteiger partial charge on any atom is -0.485 e. The van der Waals surface area contributed by atoms with Crippen LogP contribution in [0.15, 0.2) is 34.2 Å². The SMILES string of the molecule is Clc1ncccc1OCc1ccc(Br)s1. The van der Waals surface area contributed by atoms with Crippen molar-refractivity contribution in [3.63, 3.8) is 0 Å². The fourth-order valence-electron chi connectivity index (χ4n) is 1.06. The van der Waals surface area contributed by atoms with E-state index in [4.69, 9.17) is 16.3 Å². The molecule has 0 N–H and O–H groups in total. The Labute approximate surface area is 105 Å². The van der Waals surface area contributed by atoms with Gasteiger partial charge in [0, 0.05) is 11.1 Å². The number of thiophene rings is 1. The number of halogens is 2. The molecular weight excluding hydrogens is 298 g/mol. The molecule has 2 heterocycles. The van der Waals surface area contributed by atoms with Gasteiger partial charge in [-0.2, -0.15) is 0 Å². The van der Waals surface area contributed by atoms with Crippen LogP contribution in [0.4, 0.5) is 0 Å². The molecule has 2 aromatic heterocycles. The molecule has 5 heteroatoms. The van der Waals surface area contributed by atoms with Gasteiger partial charge < -0.3 is 4.74 Å². The van der Waals surface area contributed by atoms with E-state index in [1.165, 1.54) is 0 Å². The van der Waals surface area contributed by atoms with Gasteiger partial charge in [0.1, 0.15) is 6.61 Å². The van der Waals surface area contributed by atoms with Crippen molar-refractivity contribution in [3.05, 3.63) is 44.3 Å². The Kier molecular flexibility index (Phi) is 3.61. The molecule has 2 nitrogen and oxygen atoms in total. The summed E-state index contributed by atoms with van der Waals surface area (Å²) in [4.78, 5) is 5.07. The Morgan fingerprint density at radius 1 is 1.40 bits per heavy atom. The summed E-state index contributed by atoms with van der Waals surface area (Å²) < 4.78 is 6.63. The third-order valence-corrected chi connectivity index (χ3v) is 3.60. The molecule has 0 radical (unpaired) electrons. The molecule has 2 aromatic rings. The van der Waals surface area contributed by atoms with E-state index >= 15 is 0 Å². The number of aromatic nitrogens is 1. The minimum atomic E-state index is 0.396.